The van der Waals surface area contributed by atoms with Gasteiger partial charge in [0.1, 0.15) is 17.2 Å². The highest BCUT2D eigenvalue weighted by Gasteiger charge is 2.34. The standard InChI is InChI=1S/C18H15F2N3O3/c19-10-1-2-15(20)13(5-10)16-7-12(24)9-22(16)11-3-4-23-17(6-11)14(8-21-23)18(25)26/h1-6,8,12,16,24H,7,9H2,(H,25,26)/t12-,16-/m1/s1. The first kappa shape index (κ1) is 16.5. The van der Waals surface area contributed by atoms with Crippen LogP contribution in [0.3, 0.4) is 0 Å². The third-order valence-electron chi connectivity index (χ3n) is 4.66. The number of carboxylic acid groups (broad SMARTS) is 1. The Morgan fingerprint density at radius 3 is 2.81 bits per heavy atom. The largest absolute Gasteiger partial charge is 0.478 e. The number of carbonyl (C=O) groups is 1. The Labute approximate surface area is 146 Å². The second-order valence-corrected chi connectivity index (χ2v) is 6.30. The number of aliphatic hydroxyl groups is 1. The lowest BCUT2D eigenvalue weighted by Gasteiger charge is -2.27. The van der Waals surface area contributed by atoms with E-state index < -0.39 is 29.7 Å². The fraction of sp³-hybridized carbons (Fsp3) is 0.222. The second kappa shape index (κ2) is 6.06. The van der Waals surface area contributed by atoms with Crippen LogP contribution < -0.4 is 4.90 Å². The van der Waals surface area contributed by atoms with Gasteiger partial charge in [-0.1, -0.05) is 0 Å². The maximum Gasteiger partial charge on any atom is 0.339 e. The van der Waals surface area contributed by atoms with Crippen LogP contribution in [0.25, 0.3) is 5.52 Å². The van der Waals surface area contributed by atoms with Crippen LogP contribution in [0, 0.1) is 11.6 Å². The molecule has 1 aromatic carbocycles. The van der Waals surface area contributed by atoms with Crippen molar-refractivity contribution >= 4 is 17.2 Å². The molecule has 2 aromatic heterocycles. The Hall–Kier alpha value is -3.00. The molecule has 0 radical (unpaired) electrons. The van der Waals surface area contributed by atoms with Crippen LogP contribution in [0.1, 0.15) is 28.4 Å². The van der Waals surface area contributed by atoms with Crippen LogP contribution in [0.5, 0.6) is 0 Å². The van der Waals surface area contributed by atoms with E-state index in [0.29, 0.717) is 11.2 Å². The fourth-order valence-corrected chi connectivity index (χ4v) is 3.48. The molecule has 3 aromatic rings. The first-order chi connectivity index (χ1) is 12.4. The van der Waals surface area contributed by atoms with E-state index in [1.54, 1.807) is 23.2 Å². The van der Waals surface area contributed by atoms with Gasteiger partial charge in [0.2, 0.25) is 0 Å². The highest BCUT2D eigenvalue weighted by Crippen LogP contribution is 2.38. The molecule has 1 aliphatic rings. The van der Waals surface area contributed by atoms with Gasteiger partial charge in [0.15, 0.2) is 0 Å². The number of aromatic carboxylic acids is 1. The highest BCUT2D eigenvalue weighted by atomic mass is 19.1. The minimum absolute atomic E-state index is 0.0417. The SMILES string of the molecule is O=C(O)c1cnn2ccc(N3C[C@H](O)C[C@@H]3c3cc(F)ccc3F)cc12. The van der Waals surface area contributed by atoms with Gasteiger partial charge in [-0.15, -0.1) is 0 Å². The molecule has 0 unspecified atom stereocenters. The first-order valence-electron chi connectivity index (χ1n) is 8.04. The number of fused-ring (bicyclic) bond motifs is 1. The quantitative estimate of drug-likeness (QED) is 0.752. The predicted octanol–water partition coefficient (Wildman–Crippen LogP) is 2.62. The smallest absolute Gasteiger partial charge is 0.339 e. The molecule has 1 fully saturated rings. The number of aromatic nitrogens is 2. The zero-order valence-electron chi connectivity index (χ0n) is 13.5. The van der Waals surface area contributed by atoms with Gasteiger partial charge in [-0.05, 0) is 36.8 Å². The maximum atomic E-state index is 14.2. The van der Waals surface area contributed by atoms with E-state index in [2.05, 4.69) is 5.10 Å². The van der Waals surface area contributed by atoms with Crippen molar-refractivity contribution in [2.75, 3.05) is 11.4 Å². The Morgan fingerprint density at radius 2 is 2.04 bits per heavy atom. The third kappa shape index (κ3) is 2.68. The van der Waals surface area contributed by atoms with Crippen LogP contribution in [-0.2, 0) is 0 Å². The molecular formula is C18H15F2N3O3. The summed E-state index contributed by atoms with van der Waals surface area (Å²) in [6.07, 6.45) is 2.39. The van der Waals surface area contributed by atoms with E-state index >= 15 is 0 Å². The maximum absolute atomic E-state index is 14.2. The summed E-state index contributed by atoms with van der Waals surface area (Å²) in [7, 11) is 0. The third-order valence-corrected chi connectivity index (χ3v) is 4.66. The number of rotatable bonds is 3. The summed E-state index contributed by atoms with van der Waals surface area (Å²) in [6, 6.07) is 6.01. The van der Waals surface area contributed by atoms with Gasteiger partial charge in [-0.25, -0.2) is 18.1 Å². The monoisotopic (exact) mass is 359 g/mol. The molecule has 3 heterocycles. The van der Waals surface area contributed by atoms with Crippen molar-refractivity contribution in [2.24, 2.45) is 0 Å². The van der Waals surface area contributed by atoms with Gasteiger partial charge in [0, 0.05) is 24.0 Å². The van der Waals surface area contributed by atoms with Crippen molar-refractivity contribution in [2.45, 2.75) is 18.6 Å². The zero-order valence-corrected chi connectivity index (χ0v) is 13.5. The van der Waals surface area contributed by atoms with Crippen molar-refractivity contribution in [1.82, 2.24) is 9.61 Å². The van der Waals surface area contributed by atoms with Crippen LogP contribution >= 0.6 is 0 Å². The van der Waals surface area contributed by atoms with Gasteiger partial charge in [-0.2, -0.15) is 5.10 Å². The molecule has 0 aliphatic carbocycles. The number of aliphatic hydroxyl groups excluding tert-OH is 1. The lowest BCUT2D eigenvalue weighted by molar-refractivity contribution is 0.0699. The molecular weight excluding hydrogens is 344 g/mol. The van der Waals surface area contributed by atoms with Crippen molar-refractivity contribution in [3.8, 4) is 0 Å². The lowest BCUT2D eigenvalue weighted by Crippen LogP contribution is -2.25. The van der Waals surface area contributed by atoms with E-state index in [1.165, 1.54) is 10.7 Å². The Balaban J connectivity index is 1.80. The van der Waals surface area contributed by atoms with E-state index in [-0.39, 0.29) is 24.1 Å². The average Bonchev–Trinajstić information content (AvgIpc) is 3.19. The first-order valence-corrected chi connectivity index (χ1v) is 8.04. The lowest BCUT2D eigenvalue weighted by atomic mass is 10.0. The van der Waals surface area contributed by atoms with E-state index in [1.807, 2.05) is 0 Å². The average molecular weight is 359 g/mol. The number of benzene rings is 1. The topological polar surface area (TPSA) is 78.1 Å². The zero-order chi connectivity index (χ0) is 18.4. The molecule has 4 rings (SSSR count). The number of hydrogen-bond donors (Lipinski definition) is 2. The molecule has 1 aliphatic heterocycles. The number of hydrogen-bond acceptors (Lipinski definition) is 4. The van der Waals surface area contributed by atoms with E-state index in [4.69, 9.17) is 0 Å². The molecule has 0 amide bonds. The summed E-state index contributed by atoms with van der Waals surface area (Å²) in [6.45, 7) is 0.229. The van der Waals surface area contributed by atoms with Crippen LogP contribution in [0.2, 0.25) is 0 Å². The van der Waals surface area contributed by atoms with Crippen LogP contribution in [0.4, 0.5) is 14.5 Å². The van der Waals surface area contributed by atoms with E-state index in [0.717, 1.165) is 18.2 Å². The summed E-state index contributed by atoms with van der Waals surface area (Å²) in [4.78, 5) is 13.1. The number of β-amino-alcohol motifs (C(OH)–C–C–N with tert-alkyl or cyclic N) is 1. The van der Waals surface area contributed by atoms with Gasteiger partial charge in [0.25, 0.3) is 0 Å². The summed E-state index contributed by atoms with van der Waals surface area (Å²) >= 11 is 0. The van der Waals surface area contributed by atoms with Gasteiger partial charge >= 0.3 is 5.97 Å². The Kier molecular flexibility index (Phi) is 3.84. The fourth-order valence-electron chi connectivity index (χ4n) is 3.48. The van der Waals surface area contributed by atoms with E-state index in [9.17, 15) is 23.8 Å². The predicted molar refractivity (Wildman–Crippen MR) is 89.2 cm³/mol. The van der Waals surface area contributed by atoms with Gasteiger partial charge in [-0.3, -0.25) is 0 Å². The molecule has 1 saturated heterocycles. The molecule has 8 heteroatoms. The molecule has 6 nitrogen and oxygen atoms in total. The van der Waals surface area contributed by atoms with Crippen molar-refractivity contribution in [3.63, 3.8) is 0 Å². The van der Waals surface area contributed by atoms with Gasteiger partial charge in [0.05, 0.1) is 23.9 Å². The number of pyridine rings is 1. The summed E-state index contributed by atoms with van der Waals surface area (Å²) in [5.41, 5.74) is 1.19. The Bertz CT molecular complexity index is 1000. The van der Waals surface area contributed by atoms with Crippen LogP contribution in [0.15, 0.2) is 42.7 Å². The van der Waals surface area contributed by atoms with Crippen molar-refractivity contribution in [3.05, 3.63) is 65.5 Å². The molecule has 26 heavy (non-hydrogen) atoms. The molecule has 2 N–H and O–H groups in total. The number of nitrogens with zero attached hydrogens (tertiary/aromatic N) is 3. The minimum Gasteiger partial charge on any atom is -0.478 e. The molecule has 0 bridgehead atoms. The minimum atomic E-state index is -1.11. The summed E-state index contributed by atoms with van der Waals surface area (Å²) < 4.78 is 29.3. The number of carboxylic acids is 1. The molecule has 134 valence electrons. The van der Waals surface area contributed by atoms with Gasteiger partial charge < -0.3 is 15.1 Å². The highest BCUT2D eigenvalue weighted by molar-refractivity contribution is 5.95. The summed E-state index contributed by atoms with van der Waals surface area (Å²) in [5, 5.41) is 23.4. The normalized spacial score (nSPS) is 20.0. The Morgan fingerprint density at radius 1 is 1.23 bits per heavy atom. The molecule has 2 atom stereocenters. The van der Waals surface area contributed by atoms with Crippen molar-refractivity contribution < 1.29 is 23.8 Å². The number of anilines is 1. The molecule has 0 saturated carbocycles. The second-order valence-electron chi connectivity index (χ2n) is 6.30. The summed E-state index contributed by atoms with van der Waals surface area (Å²) in [5.74, 6) is -2.21. The van der Waals surface area contributed by atoms with Crippen LogP contribution in [-0.4, -0.2) is 38.4 Å². The number of halogens is 2. The van der Waals surface area contributed by atoms with Crippen molar-refractivity contribution in [1.29, 1.82) is 0 Å². The molecule has 0 spiro atoms.